The number of ether oxygens (including phenoxy) is 9. The molecular weight excluding hydrogens is 1110 g/mol. The van der Waals surface area contributed by atoms with Crippen molar-refractivity contribution in [1.29, 1.82) is 0 Å². The largest absolute Gasteiger partial charge is 0.479 e. The van der Waals surface area contributed by atoms with Crippen LogP contribution in [0.15, 0.2) is 23.3 Å². The van der Waals surface area contributed by atoms with E-state index in [2.05, 4.69) is 40.7 Å². The van der Waals surface area contributed by atoms with Gasteiger partial charge in [-0.05, 0) is 117 Å². The molecule has 0 aromatic rings. The Hall–Kier alpha value is -2.42. The van der Waals surface area contributed by atoms with Gasteiger partial charge in [0, 0.05) is 5.57 Å². The van der Waals surface area contributed by atoms with Gasteiger partial charge in [0.05, 0.1) is 43.5 Å². The van der Waals surface area contributed by atoms with E-state index in [1.807, 2.05) is 13.8 Å². The molecule has 25 nitrogen and oxygen atoms in total. The van der Waals surface area contributed by atoms with Crippen molar-refractivity contribution in [1.82, 2.24) is 0 Å². The van der Waals surface area contributed by atoms with Gasteiger partial charge >= 0.3 is 11.9 Å². The Bertz CT molecular complexity index is 2420. The van der Waals surface area contributed by atoms with E-state index >= 15 is 0 Å². The van der Waals surface area contributed by atoms with Crippen LogP contribution in [-0.4, -0.2) is 244 Å². The Morgan fingerprint density at radius 2 is 1.19 bits per heavy atom. The van der Waals surface area contributed by atoms with Crippen LogP contribution >= 0.6 is 0 Å². The molecule has 30 atom stereocenters. The number of carboxylic acids is 1. The number of carboxylic acid groups (broad SMARTS) is 1. The Morgan fingerprint density at radius 3 is 1.80 bits per heavy atom. The second-order valence-corrected chi connectivity index (χ2v) is 27.9. The maximum Gasteiger partial charge on any atom is 0.335 e. The van der Waals surface area contributed by atoms with Crippen molar-refractivity contribution in [2.24, 2.45) is 50.2 Å². The predicted molar refractivity (Wildman–Crippen MR) is 288 cm³/mol. The second kappa shape index (κ2) is 24.1. The Labute approximate surface area is 489 Å². The third-order valence-electron chi connectivity index (χ3n) is 22.5. The first-order valence-corrected chi connectivity index (χ1v) is 29.9. The number of allylic oxidation sites excluding steroid dienone is 3. The van der Waals surface area contributed by atoms with Crippen molar-refractivity contribution < 1.29 is 124 Å². The molecule has 4 aliphatic heterocycles. The average Bonchev–Trinajstić information content (AvgIpc) is 0.685. The van der Waals surface area contributed by atoms with Crippen molar-refractivity contribution in [3.8, 4) is 0 Å². The first-order valence-electron chi connectivity index (χ1n) is 29.9. The quantitative estimate of drug-likeness (QED) is 0.0430. The van der Waals surface area contributed by atoms with E-state index in [1.54, 1.807) is 19.9 Å². The molecule has 0 bridgehead atoms. The van der Waals surface area contributed by atoms with Crippen molar-refractivity contribution in [3.63, 3.8) is 0 Å². The smallest absolute Gasteiger partial charge is 0.335 e. The SMILES string of the molecule is C/C=C(/C)C(=O)O[C@H]1CC(C)(C)C[C@H]2C3=CC[C@@H]4[C@@]5(C)CC[C@H](O[C@@H]6O[C@H](C(=O)O)[C@@H](O)[C@H](O[C@@H]7O[C@H](CO)[C@H](O)[C@H](O)[C@H]7O[C@@H]7O[C@@H](C)[C@H](O)[C@@H](O)[C@H]7O)[C@H]6O[C@@H]6O[C@H](CO)[C@H](O)[C@H](O)[C@H]6O)C(C)(C)[C@@H]5CC[C@@]4(C)[C@]3(C)C[C@@H](O)[C@@]12CO. The van der Waals surface area contributed by atoms with Crippen LogP contribution in [0, 0.1) is 50.2 Å². The number of aliphatic carboxylic acids is 1. The number of esters is 1. The van der Waals surface area contributed by atoms with E-state index in [0.717, 1.165) is 0 Å². The third-order valence-corrected chi connectivity index (χ3v) is 22.5. The monoisotopic (exact) mass is 1200 g/mol. The Kier molecular flexibility index (Phi) is 18.9. The minimum Gasteiger partial charge on any atom is -0.479 e. The summed E-state index contributed by atoms with van der Waals surface area (Å²) in [6.07, 6.45) is -31.8. The highest BCUT2D eigenvalue weighted by molar-refractivity contribution is 5.87. The first kappa shape index (κ1) is 66.0. The van der Waals surface area contributed by atoms with Gasteiger partial charge in [-0.15, -0.1) is 0 Å². The molecule has 0 spiro atoms. The molecule has 0 aromatic heterocycles. The van der Waals surface area contributed by atoms with Crippen molar-refractivity contribution in [3.05, 3.63) is 23.3 Å². The number of hydrogen-bond acceptors (Lipinski definition) is 24. The van der Waals surface area contributed by atoms with Gasteiger partial charge in [0.2, 0.25) is 0 Å². The second-order valence-electron chi connectivity index (χ2n) is 27.9. The number of hydrogen-bond donors (Lipinski definition) is 14. The molecule has 8 fully saturated rings. The van der Waals surface area contributed by atoms with E-state index in [4.69, 9.17) is 42.6 Å². The minimum atomic E-state index is -2.26. The van der Waals surface area contributed by atoms with Gasteiger partial charge in [-0.1, -0.05) is 66.2 Å². The lowest BCUT2D eigenvalue weighted by molar-refractivity contribution is -0.406. The first-order chi connectivity index (χ1) is 39.2. The van der Waals surface area contributed by atoms with Crippen LogP contribution in [0.3, 0.4) is 0 Å². The highest BCUT2D eigenvalue weighted by atomic mass is 16.8. The molecule has 9 aliphatic rings. The number of aliphatic hydroxyl groups is 13. The molecule has 25 heteroatoms. The van der Waals surface area contributed by atoms with Crippen LogP contribution in [0.1, 0.15) is 121 Å². The summed E-state index contributed by atoms with van der Waals surface area (Å²) in [5, 5.41) is 155. The molecule has 4 saturated carbocycles. The molecular formula is C59H94O25. The molecule has 4 heterocycles. The summed E-state index contributed by atoms with van der Waals surface area (Å²) >= 11 is 0. The lowest BCUT2D eigenvalue weighted by Gasteiger charge is -2.72. The zero-order valence-corrected chi connectivity index (χ0v) is 49.7. The maximum absolute atomic E-state index is 13.4. The lowest BCUT2D eigenvalue weighted by Crippen LogP contribution is -2.70. The van der Waals surface area contributed by atoms with Crippen LogP contribution in [0.5, 0.6) is 0 Å². The van der Waals surface area contributed by atoms with E-state index in [9.17, 15) is 81.1 Å². The molecule has 0 amide bonds. The fraction of sp³-hybridized carbons (Fsp3) is 0.898. The van der Waals surface area contributed by atoms with Gasteiger partial charge in [-0.3, -0.25) is 0 Å². The van der Waals surface area contributed by atoms with Crippen molar-refractivity contribution in [2.45, 2.75) is 262 Å². The minimum absolute atomic E-state index is 0.0468. The molecule has 9 rings (SSSR count). The summed E-state index contributed by atoms with van der Waals surface area (Å²) in [6, 6.07) is 0. The normalized spacial score (nSPS) is 51.9. The molecule has 4 saturated heterocycles. The van der Waals surface area contributed by atoms with Crippen molar-refractivity contribution >= 4 is 11.9 Å². The van der Waals surface area contributed by atoms with Gasteiger partial charge < -0.3 is 114 Å². The standard InChI is InChI=1S/C59H94O25/c1-11-24(2)49(75)79-34-20-54(4,5)18-27-26-12-13-31-56(8)16-15-33(55(6,7)30(56)14-17-57(31,9)58(26,10)19-32(63)59(27,34)23-62)80-53-47(84-51-42(71)39(68)36(65)28(21-60)77-51)44(43(72)45(82-53)48(73)74)81-52-46(40(69)37(66)29(22-61)78-52)83-50-41(70)38(67)35(64)25(3)76-50/h11-12,25,27-47,50-53,60-72H,13-23H2,1-10H3,(H,73,74)/b24-11-/t25-,27-,28+,29+,30-,31+,32+,33-,34-,35-,36-,37-,38+,39-,40-,41+,42+,43-,44-,45-,46+,47+,50-,51-,52-,53+,56-,57+,58+,59-/m0/s1. The summed E-state index contributed by atoms with van der Waals surface area (Å²) in [5.41, 5.74) is -1.94. The Morgan fingerprint density at radius 1 is 0.619 bits per heavy atom. The summed E-state index contributed by atoms with van der Waals surface area (Å²) in [6.45, 7) is 17.8. The van der Waals surface area contributed by atoms with Gasteiger partial charge in [-0.25, -0.2) is 9.59 Å². The molecule has 480 valence electrons. The van der Waals surface area contributed by atoms with Crippen LogP contribution in [0.25, 0.3) is 0 Å². The molecule has 0 radical (unpaired) electrons. The fourth-order valence-electron chi connectivity index (χ4n) is 17.3. The molecule has 0 aromatic carbocycles. The van der Waals surface area contributed by atoms with E-state index in [0.29, 0.717) is 56.9 Å². The van der Waals surface area contributed by atoms with Crippen LogP contribution in [0.4, 0.5) is 0 Å². The van der Waals surface area contributed by atoms with Crippen LogP contribution in [-0.2, 0) is 52.2 Å². The van der Waals surface area contributed by atoms with E-state index in [1.165, 1.54) is 12.5 Å². The summed E-state index contributed by atoms with van der Waals surface area (Å²) in [7, 11) is 0. The number of carbonyl (C=O) groups excluding carboxylic acids is 1. The van der Waals surface area contributed by atoms with Gasteiger partial charge in [0.15, 0.2) is 31.3 Å². The highest BCUT2D eigenvalue weighted by Gasteiger charge is 2.72. The van der Waals surface area contributed by atoms with E-state index in [-0.39, 0.29) is 35.2 Å². The number of carbonyl (C=O) groups is 2. The molecule has 14 N–H and O–H groups in total. The molecule has 5 aliphatic carbocycles. The van der Waals surface area contributed by atoms with Gasteiger partial charge in [-0.2, -0.15) is 0 Å². The molecule has 0 unspecified atom stereocenters. The van der Waals surface area contributed by atoms with Crippen LogP contribution in [0.2, 0.25) is 0 Å². The summed E-state index contributed by atoms with van der Waals surface area (Å²) < 4.78 is 55.4. The van der Waals surface area contributed by atoms with Gasteiger partial charge in [0.25, 0.3) is 0 Å². The third kappa shape index (κ3) is 10.8. The van der Waals surface area contributed by atoms with Crippen molar-refractivity contribution in [2.75, 3.05) is 19.8 Å². The Balaban J connectivity index is 1.04. The average molecular weight is 1200 g/mol. The zero-order chi connectivity index (χ0) is 61.9. The fourth-order valence-corrected chi connectivity index (χ4v) is 17.3. The topological polar surface area (TPSA) is 400 Å². The predicted octanol–water partition coefficient (Wildman–Crippen LogP) is -0.983. The highest BCUT2D eigenvalue weighted by Crippen LogP contribution is 2.76. The zero-order valence-electron chi connectivity index (χ0n) is 49.7. The summed E-state index contributed by atoms with van der Waals surface area (Å²) in [5.74, 6) is -2.53. The number of fused-ring (bicyclic) bond motifs is 7. The van der Waals surface area contributed by atoms with Gasteiger partial charge in [0.1, 0.15) is 91.6 Å². The number of aliphatic hydroxyl groups excluding tert-OH is 13. The number of rotatable bonds is 14. The van der Waals surface area contributed by atoms with Crippen LogP contribution < -0.4 is 0 Å². The molecule has 84 heavy (non-hydrogen) atoms. The van der Waals surface area contributed by atoms with E-state index < -0.39 is 188 Å². The lowest BCUT2D eigenvalue weighted by atomic mass is 9.33. The summed E-state index contributed by atoms with van der Waals surface area (Å²) in [4.78, 5) is 26.7. The maximum atomic E-state index is 13.4.